The Balaban J connectivity index is 1.28. The van der Waals surface area contributed by atoms with Crippen LogP contribution in [-0.4, -0.2) is 34.9 Å². The van der Waals surface area contributed by atoms with Crippen LogP contribution in [0.25, 0.3) is 10.2 Å². The third-order valence-corrected chi connectivity index (χ3v) is 8.35. The average molecular weight is 556 g/mol. The van der Waals surface area contributed by atoms with Crippen LogP contribution >= 0.6 is 11.3 Å². The van der Waals surface area contributed by atoms with Gasteiger partial charge in [0.1, 0.15) is 21.2 Å². The smallest absolute Gasteiger partial charge is 0.331 e. The molecule has 1 fully saturated rings. The third-order valence-electron chi connectivity index (χ3n) is 7.26. The van der Waals surface area contributed by atoms with Gasteiger partial charge in [-0.3, -0.25) is 14.5 Å². The zero-order chi connectivity index (χ0) is 27.8. The highest BCUT2D eigenvalue weighted by atomic mass is 32.1. The molecule has 40 heavy (non-hydrogen) atoms. The summed E-state index contributed by atoms with van der Waals surface area (Å²) in [7, 11) is 0. The Kier molecular flexibility index (Phi) is 6.85. The molecule has 2 aliphatic rings. The molecule has 4 amide bonds. The number of nitrogens with one attached hydrogen (secondary N) is 3. The SMILES string of the molecule is CC(=O)N[C@H]1CCC[C@H](NC(=O)c2sc3nccc4c3c2NC(=O)N4c2ccc(Oc3ccccc3)cc2C)C1. The Morgan fingerprint density at radius 2 is 1.80 bits per heavy atom. The first-order valence-electron chi connectivity index (χ1n) is 13.3. The lowest BCUT2D eigenvalue weighted by Gasteiger charge is -2.31. The third kappa shape index (κ3) is 4.98. The molecule has 0 spiro atoms. The summed E-state index contributed by atoms with van der Waals surface area (Å²) in [6.07, 6.45) is 5.00. The van der Waals surface area contributed by atoms with Crippen LogP contribution in [0.4, 0.5) is 21.9 Å². The van der Waals surface area contributed by atoms with Gasteiger partial charge in [0.15, 0.2) is 0 Å². The predicted octanol–water partition coefficient (Wildman–Crippen LogP) is 6.26. The number of aryl methyl sites for hydroxylation is 1. The Labute approximate surface area is 235 Å². The van der Waals surface area contributed by atoms with E-state index in [1.165, 1.54) is 18.3 Å². The number of carbonyl (C=O) groups is 3. The number of pyridine rings is 1. The van der Waals surface area contributed by atoms with E-state index < -0.39 is 0 Å². The Morgan fingerprint density at radius 1 is 1.02 bits per heavy atom. The first-order chi connectivity index (χ1) is 19.4. The van der Waals surface area contributed by atoms with Crippen molar-refractivity contribution in [2.45, 2.75) is 51.6 Å². The lowest BCUT2D eigenvalue weighted by molar-refractivity contribution is -0.119. The number of ether oxygens (including phenoxy) is 1. The van der Waals surface area contributed by atoms with Gasteiger partial charge in [-0.05, 0) is 74.6 Å². The highest BCUT2D eigenvalue weighted by Crippen LogP contribution is 2.46. The van der Waals surface area contributed by atoms with Crippen molar-refractivity contribution in [3.05, 3.63) is 71.2 Å². The van der Waals surface area contributed by atoms with Crippen molar-refractivity contribution in [3.8, 4) is 11.5 Å². The van der Waals surface area contributed by atoms with E-state index in [4.69, 9.17) is 4.74 Å². The van der Waals surface area contributed by atoms with Crippen LogP contribution in [0.3, 0.4) is 0 Å². The van der Waals surface area contributed by atoms with Gasteiger partial charge in [0.25, 0.3) is 5.91 Å². The van der Waals surface area contributed by atoms with Gasteiger partial charge in [-0.2, -0.15) is 0 Å². The molecular weight excluding hydrogens is 526 g/mol. The summed E-state index contributed by atoms with van der Waals surface area (Å²) in [5.74, 6) is 1.09. The molecule has 3 heterocycles. The van der Waals surface area contributed by atoms with E-state index in [9.17, 15) is 14.4 Å². The van der Waals surface area contributed by atoms with Crippen LogP contribution in [0, 0.1) is 6.92 Å². The molecule has 0 bridgehead atoms. The van der Waals surface area contributed by atoms with Gasteiger partial charge in [-0.15, -0.1) is 11.3 Å². The molecule has 10 heteroatoms. The zero-order valence-corrected chi connectivity index (χ0v) is 23.0. The van der Waals surface area contributed by atoms with E-state index in [0.29, 0.717) is 38.9 Å². The van der Waals surface area contributed by atoms with E-state index in [1.54, 1.807) is 17.2 Å². The van der Waals surface area contributed by atoms with E-state index in [0.717, 1.165) is 36.0 Å². The van der Waals surface area contributed by atoms with Crippen LogP contribution in [0.5, 0.6) is 11.5 Å². The first kappa shape index (κ1) is 25.8. The Morgan fingerprint density at radius 3 is 2.55 bits per heavy atom. The number of hydrogen-bond donors (Lipinski definition) is 3. The summed E-state index contributed by atoms with van der Waals surface area (Å²) in [5.41, 5.74) is 2.72. The number of para-hydroxylation sites is 1. The Bertz CT molecular complexity index is 1620. The maximum absolute atomic E-state index is 13.5. The van der Waals surface area contributed by atoms with Gasteiger partial charge in [-0.1, -0.05) is 18.2 Å². The van der Waals surface area contributed by atoms with Gasteiger partial charge in [-0.25, -0.2) is 9.78 Å². The van der Waals surface area contributed by atoms with Crippen molar-refractivity contribution in [1.29, 1.82) is 0 Å². The maximum Gasteiger partial charge on any atom is 0.331 e. The number of carbonyl (C=O) groups excluding carboxylic acids is 3. The number of anilines is 3. The minimum absolute atomic E-state index is 0.0477. The summed E-state index contributed by atoms with van der Waals surface area (Å²) < 4.78 is 5.97. The van der Waals surface area contributed by atoms with Gasteiger partial charge in [0.2, 0.25) is 5.91 Å². The molecule has 2 atom stereocenters. The van der Waals surface area contributed by atoms with Crippen molar-refractivity contribution in [1.82, 2.24) is 15.6 Å². The minimum Gasteiger partial charge on any atom is -0.457 e. The highest BCUT2D eigenvalue weighted by molar-refractivity contribution is 7.21. The fourth-order valence-electron chi connectivity index (χ4n) is 5.54. The van der Waals surface area contributed by atoms with Crippen LogP contribution in [-0.2, 0) is 4.79 Å². The number of amides is 4. The molecule has 1 saturated carbocycles. The number of rotatable bonds is 6. The summed E-state index contributed by atoms with van der Waals surface area (Å²) in [6, 6.07) is 16.6. The molecule has 0 unspecified atom stereocenters. The molecule has 2 aromatic carbocycles. The Hall–Kier alpha value is -4.44. The second-order valence-corrected chi connectivity index (χ2v) is 11.2. The molecule has 1 aliphatic carbocycles. The zero-order valence-electron chi connectivity index (χ0n) is 22.2. The van der Waals surface area contributed by atoms with Crippen molar-refractivity contribution < 1.29 is 19.1 Å². The lowest BCUT2D eigenvalue weighted by atomic mass is 9.91. The van der Waals surface area contributed by atoms with Gasteiger partial charge in [0, 0.05) is 25.2 Å². The van der Waals surface area contributed by atoms with Crippen molar-refractivity contribution >= 4 is 56.5 Å². The van der Waals surface area contributed by atoms with Gasteiger partial charge >= 0.3 is 6.03 Å². The quantitative estimate of drug-likeness (QED) is 0.260. The fraction of sp³-hybridized carbons (Fsp3) is 0.267. The van der Waals surface area contributed by atoms with E-state index in [2.05, 4.69) is 20.9 Å². The molecule has 3 N–H and O–H groups in total. The number of benzene rings is 2. The molecule has 9 nitrogen and oxygen atoms in total. The topological polar surface area (TPSA) is 113 Å². The van der Waals surface area contributed by atoms with E-state index in [1.807, 2.05) is 55.5 Å². The lowest BCUT2D eigenvalue weighted by Crippen LogP contribution is -2.45. The van der Waals surface area contributed by atoms with Crippen molar-refractivity contribution in [2.24, 2.45) is 0 Å². The number of aromatic nitrogens is 1. The van der Waals surface area contributed by atoms with Gasteiger partial charge in [0.05, 0.1) is 22.4 Å². The largest absolute Gasteiger partial charge is 0.457 e. The molecule has 204 valence electrons. The molecule has 1 aliphatic heterocycles. The number of nitrogens with zero attached hydrogens (tertiary/aromatic N) is 2. The van der Waals surface area contributed by atoms with Crippen LogP contribution in [0.2, 0.25) is 0 Å². The summed E-state index contributed by atoms with van der Waals surface area (Å²) in [5, 5.41) is 9.79. The van der Waals surface area contributed by atoms with Crippen molar-refractivity contribution in [2.75, 3.05) is 10.2 Å². The average Bonchev–Trinajstić information content (AvgIpc) is 3.29. The van der Waals surface area contributed by atoms with Crippen LogP contribution < -0.4 is 25.6 Å². The van der Waals surface area contributed by atoms with Crippen molar-refractivity contribution in [3.63, 3.8) is 0 Å². The second kappa shape index (κ2) is 10.6. The number of hydrogen-bond acceptors (Lipinski definition) is 6. The molecule has 2 aromatic heterocycles. The van der Waals surface area contributed by atoms with E-state index >= 15 is 0 Å². The fourth-order valence-corrected chi connectivity index (χ4v) is 6.56. The number of urea groups is 1. The minimum atomic E-state index is -0.351. The maximum atomic E-state index is 13.5. The van der Waals surface area contributed by atoms with Crippen LogP contribution in [0.1, 0.15) is 47.8 Å². The molecular formula is C30H29N5O4S. The highest BCUT2D eigenvalue weighted by Gasteiger charge is 2.34. The van der Waals surface area contributed by atoms with Crippen LogP contribution in [0.15, 0.2) is 60.8 Å². The standard InChI is InChI=1S/C30H29N5O4S/c1-17-15-22(39-21-9-4-3-5-10-21)11-12-23(17)35-24-13-14-31-29-25(24)26(34-30(35)38)27(40-29)28(37)33-20-8-6-7-19(16-20)32-18(2)36/h3-5,9-15,19-20H,6-8,16H2,1-2H3,(H,32,36)(H,33,37)(H,34,38)/t19-,20-/m0/s1. The molecule has 0 saturated heterocycles. The molecule has 6 rings (SSSR count). The normalized spacial score (nSPS) is 18.2. The summed E-state index contributed by atoms with van der Waals surface area (Å²) >= 11 is 1.26. The summed E-state index contributed by atoms with van der Waals surface area (Å²) in [4.78, 5) is 45.7. The van der Waals surface area contributed by atoms with E-state index in [-0.39, 0.29) is 29.9 Å². The predicted molar refractivity (Wildman–Crippen MR) is 156 cm³/mol. The molecule has 4 aromatic rings. The molecule has 0 radical (unpaired) electrons. The van der Waals surface area contributed by atoms with Gasteiger partial charge < -0.3 is 20.7 Å². The monoisotopic (exact) mass is 555 g/mol. The first-order valence-corrected chi connectivity index (χ1v) is 14.1. The second-order valence-electron chi connectivity index (χ2n) is 10.2. The summed E-state index contributed by atoms with van der Waals surface area (Å²) in [6.45, 7) is 3.44. The number of thiophene rings is 1.